The number of rotatable bonds is 14. The minimum absolute atomic E-state index is 0.608. The second kappa shape index (κ2) is 33.1. The highest BCUT2D eigenvalue weighted by atomic mass is 32.1. The second-order valence-corrected chi connectivity index (χ2v) is 37.3. The molecule has 0 aliphatic carbocycles. The number of benzene rings is 20. The van der Waals surface area contributed by atoms with Gasteiger partial charge in [-0.1, -0.05) is 328 Å². The molecule has 10 nitrogen and oxygen atoms in total. The van der Waals surface area contributed by atoms with Gasteiger partial charge in [0, 0.05) is 140 Å². The molecule has 0 aliphatic heterocycles. The standard InChI is InChI=1S/2C63H39N5S/c1-3-16-40(17-4-1)42-32-34-57-53(38-42)48-24-7-10-29-55(48)67(57)46-22-13-20-44(36-46)61-64-62(66-63(65-61)52-28-15-27-51-50-26-9-12-31-59(50)69-60(51)52)45-21-14-23-47(37-45)68-56-30-11-8-25-49(56)54-39-43(33-35-58(54)68)41-18-5-2-6-19-41;1-3-15-40(16-4-1)42-30-33-57-53(37-42)49-23-7-10-26-55(49)67(57)47-21-13-19-44(35-47)61-64-62(66-63(65-61)46-29-32-52-51-25-9-12-28-59(51)69-60(52)39-46)45-20-14-22-48(36-45)68-56-27-11-8-24-50(56)54-38-43(31-34-58(54)68)41-17-5-2-6-18-41/h2*1-39H. The van der Waals surface area contributed by atoms with Crippen molar-refractivity contribution in [2.45, 2.75) is 0 Å². The normalized spacial score (nSPS) is 11.8. The maximum atomic E-state index is 5.37. The van der Waals surface area contributed by atoms with Crippen LogP contribution in [0.5, 0.6) is 0 Å². The van der Waals surface area contributed by atoms with Crippen molar-refractivity contribution in [3.05, 3.63) is 473 Å². The lowest BCUT2D eigenvalue weighted by Gasteiger charge is -2.13. The first-order valence-corrected chi connectivity index (χ1v) is 48.1. The van der Waals surface area contributed by atoms with Gasteiger partial charge in [-0.05, 0) is 190 Å². The fourth-order valence-electron chi connectivity index (χ4n) is 20.7. The maximum Gasteiger partial charge on any atom is 0.165 e. The topological polar surface area (TPSA) is 97.1 Å². The summed E-state index contributed by atoms with van der Waals surface area (Å²) in [5, 5.41) is 14.6. The maximum absolute atomic E-state index is 5.37. The van der Waals surface area contributed by atoms with Crippen LogP contribution in [-0.2, 0) is 0 Å². The fourth-order valence-corrected chi connectivity index (χ4v) is 23.0. The third kappa shape index (κ3) is 13.7. The zero-order valence-electron chi connectivity index (χ0n) is 74.3. The predicted molar refractivity (Wildman–Crippen MR) is 577 cm³/mol. The van der Waals surface area contributed by atoms with E-state index in [9.17, 15) is 0 Å². The quantitative estimate of drug-likeness (QED) is 0.108. The lowest BCUT2D eigenvalue weighted by molar-refractivity contribution is 1.07. The van der Waals surface area contributed by atoms with Gasteiger partial charge >= 0.3 is 0 Å². The van der Waals surface area contributed by atoms with Gasteiger partial charge in [0.1, 0.15) is 0 Å². The molecule has 0 N–H and O–H groups in total. The molecular formula is C126H78N10S2. The van der Waals surface area contributed by atoms with Crippen LogP contribution in [0.3, 0.4) is 0 Å². The van der Waals surface area contributed by atoms with E-state index in [2.05, 4.69) is 491 Å². The summed E-state index contributed by atoms with van der Waals surface area (Å²) in [7, 11) is 0. The summed E-state index contributed by atoms with van der Waals surface area (Å²) in [6.45, 7) is 0. The predicted octanol–water partition coefficient (Wildman–Crippen LogP) is 33.5. The van der Waals surface area contributed by atoms with Gasteiger partial charge < -0.3 is 18.3 Å². The van der Waals surface area contributed by atoms with Gasteiger partial charge in [0.2, 0.25) is 0 Å². The van der Waals surface area contributed by atoms with Crippen LogP contribution >= 0.6 is 22.7 Å². The van der Waals surface area contributed by atoms with Gasteiger partial charge in [0.15, 0.2) is 34.9 Å². The molecule has 0 atom stereocenters. The lowest BCUT2D eigenvalue weighted by Crippen LogP contribution is -2.02. The molecule has 0 bridgehead atoms. The Bertz CT molecular complexity index is 9310. The molecule has 0 amide bonds. The van der Waals surface area contributed by atoms with Gasteiger partial charge in [-0.15, -0.1) is 22.7 Å². The number of hydrogen-bond donors (Lipinski definition) is 0. The van der Waals surface area contributed by atoms with E-state index in [4.69, 9.17) is 29.9 Å². The number of thiophene rings is 2. The summed E-state index contributed by atoms with van der Waals surface area (Å²) >= 11 is 3.58. The second-order valence-electron chi connectivity index (χ2n) is 35.2. The summed E-state index contributed by atoms with van der Waals surface area (Å²) < 4.78 is 14.3. The van der Waals surface area contributed by atoms with E-state index in [-0.39, 0.29) is 0 Å². The van der Waals surface area contributed by atoms with Gasteiger partial charge in [0.25, 0.3) is 0 Å². The molecule has 0 spiro atoms. The Hall–Kier alpha value is -17.9. The first-order valence-electron chi connectivity index (χ1n) is 46.5. The lowest BCUT2D eigenvalue weighted by atomic mass is 10.0. The highest BCUT2D eigenvalue weighted by Gasteiger charge is 2.25. The largest absolute Gasteiger partial charge is 0.309 e. The summed E-state index contributed by atoms with van der Waals surface area (Å²) in [6.07, 6.45) is 0. The fraction of sp³-hybridized carbons (Fsp3) is 0. The van der Waals surface area contributed by atoms with Crippen molar-refractivity contribution in [2.24, 2.45) is 0 Å². The molecule has 0 aliphatic rings. The molecule has 12 heteroatoms. The minimum Gasteiger partial charge on any atom is -0.309 e. The van der Waals surface area contributed by atoms with Crippen LogP contribution in [0.4, 0.5) is 0 Å². The first-order chi connectivity index (χ1) is 68.4. The Morgan fingerprint density at radius 1 is 0.138 bits per heavy atom. The number of aromatic nitrogens is 10. The Morgan fingerprint density at radius 2 is 0.384 bits per heavy atom. The van der Waals surface area contributed by atoms with Crippen molar-refractivity contribution in [1.29, 1.82) is 0 Å². The summed E-state index contributed by atoms with van der Waals surface area (Å²) in [4.78, 5) is 32.1. The number of para-hydroxylation sites is 4. The van der Waals surface area contributed by atoms with E-state index in [1.54, 1.807) is 22.7 Å². The van der Waals surface area contributed by atoms with Crippen molar-refractivity contribution in [1.82, 2.24) is 48.2 Å². The minimum atomic E-state index is 0.608. The van der Waals surface area contributed by atoms with E-state index >= 15 is 0 Å². The van der Waals surface area contributed by atoms with Crippen LogP contribution in [0.1, 0.15) is 0 Å². The van der Waals surface area contributed by atoms with Crippen LogP contribution in [-0.4, -0.2) is 48.2 Å². The van der Waals surface area contributed by atoms with Crippen molar-refractivity contribution < 1.29 is 0 Å². The molecule has 138 heavy (non-hydrogen) atoms. The molecule has 0 radical (unpaired) electrons. The summed E-state index contributed by atoms with van der Waals surface area (Å²) in [5.41, 5.74) is 28.4. The van der Waals surface area contributed by atoms with Crippen molar-refractivity contribution in [3.63, 3.8) is 0 Å². The molecule has 28 rings (SSSR count). The number of hydrogen-bond acceptors (Lipinski definition) is 8. The third-order valence-electron chi connectivity index (χ3n) is 27.1. The van der Waals surface area contributed by atoms with Crippen LogP contribution in [0.2, 0.25) is 0 Å². The Balaban J connectivity index is 0.000000139. The van der Waals surface area contributed by atoms with E-state index in [1.807, 2.05) is 0 Å². The first kappa shape index (κ1) is 79.8. The average molecular weight is 1800 g/mol. The van der Waals surface area contributed by atoms with E-state index in [1.165, 1.54) is 123 Å². The molecular weight excluding hydrogens is 1720 g/mol. The van der Waals surface area contributed by atoms with E-state index in [0.717, 1.165) is 105 Å². The Morgan fingerprint density at radius 3 is 0.732 bits per heavy atom. The number of fused-ring (bicyclic) bond motifs is 18. The van der Waals surface area contributed by atoms with Gasteiger partial charge in [-0.3, -0.25) is 0 Å². The molecule has 8 heterocycles. The molecule has 0 saturated heterocycles. The summed E-state index contributed by atoms with van der Waals surface area (Å²) in [6, 6.07) is 169. The smallest absolute Gasteiger partial charge is 0.165 e. The number of nitrogens with zero attached hydrogens (tertiary/aromatic N) is 10. The van der Waals surface area contributed by atoms with Gasteiger partial charge in [-0.2, -0.15) is 0 Å². The molecule has 28 aromatic rings. The molecule has 0 fully saturated rings. The average Bonchev–Trinajstić information content (AvgIpc) is 1.60. The molecule has 644 valence electrons. The summed E-state index contributed by atoms with van der Waals surface area (Å²) in [5.74, 6) is 3.70. The third-order valence-corrected chi connectivity index (χ3v) is 29.5. The zero-order chi connectivity index (χ0) is 90.8. The van der Waals surface area contributed by atoms with Crippen LogP contribution in [0.25, 0.3) is 263 Å². The molecule has 8 aromatic heterocycles. The Labute approximate surface area is 801 Å². The highest BCUT2D eigenvalue weighted by molar-refractivity contribution is 7.26. The molecule has 0 saturated carbocycles. The molecule has 0 unspecified atom stereocenters. The van der Waals surface area contributed by atoms with Gasteiger partial charge in [-0.25, -0.2) is 29.9 Å². The Kier molecular flexibility index (Phi) is 19.1. The van der Waals surface area contributed by atoms with Crippen LogP contribution < -0.4 is 0 Å². The van der Waals surface area contributed by atoms with Crippen molar-refractivity contribution in [3.8, 4) is 136 Å². The van der Waals surface area contributed by atoms with Gasteiger partial charge in [0.05, 0.1) is 44.1 Å². The van der Waals surface area contributed by atoms with Crippen LogP contribution in [0, 0.1) is 0 Å². The van der Waals surface area contributed by atoms with E-state index < -0.39 is 0 Å². The van der Waals surface area contributed by atoms with Crippen molar-refractivity contribution >= 4 is 150 Å². The van der Waals surface area contributed by atoms with E-state index in [0.29, 0.717) is 34.9 Å². The SMILES string of the molecule is c1ccc(-c2ccc3c(c2)c2ccccc2n3-c2cccc(-c3nc(-c4cccc(-n5c6ccccc6c6cc(-c7ccccc7)ccc65)c4)nc(-c4ccc5c(c4)sc4ccccc45)n3)c2)cc1.c1ccc(-c2ccc3c(c2)c2ccccc2n3-c2cccc(-c3nc(-c4cccc(-n5c6ccccc6c6cc(-c7ccccc7)ccc65)c4)nc(-c4cccc5c4sc4ccccc45)n3)c2)cc1. The van der Waals surface area contributed by atoms with Crippen LogP contribution in [0.15, 0.2) is 473 Å². The zero-order valence-corrected chi connectivity index (χ0v) is 76.0. The monoisotopic (exact) mass is 1790 g/mol. The molecule has 20 aromatic carbocycles. The van der Waals surface area contributed by atoms with Crippen molar-refractivity contribution in [2.75, 3.05) is 0 Å². The highest BCUT2D eigenvalue weighted by Crippen LogP contribution is 2.46.